The summed E-state index contributed by atoms with van der Waals surface area (Å²) >= 11 is 0. The summed E-state index contributed by atoms with van der Waals surface area (Å²) in [6.07, 6.45) is 3.80. The highest BCUT2D eigenvalue weighted by Crippen LogP contribution is 2.26. The van der Waals surface area contributed by atoms with Crippen molar-refractivity contribution in [3.63, 3.8) is 0 Å². The number of carbonyl (C=O) groups is 1. The average molecular weight is 314 g/mol. The van der Waals surface area contributed by atoms with E-state index in [4.69, 9.17) is 4.84 Å². The van der Waals surface area contributed by atoms with Crippen molar-refractivity contribution in [1.29, 1.82) is 5.26 Å². The molecule has 6 heteroatoms. The van der Waals surface area contributed by atoms with Gasteiger partial charge in [0.05, 0.1) is 18.1 Å². The van der Waals surface area contributed by atoms with Crippen LogP contribution in [0.25, 0.3) is 0 Å². The zero-order valence-electron chi connectivity index (χ0n) is 13.5. The summed E-state index contributed by atoms with van der Waals surface area (Å²) in [5.41, 5.74) is 1.45. The van der Waals surface area contributed by atoms with E-state index in [1.54, 1.807) is 6.07 Å². The second-order valence-electron chi connectivity index (χ2n) is 6.20. The number of hydrogen-bond acceptors (Lipinski definition) is 5. The highest BCUT2D eigenvalue weighted by atomic mass is 16.7. The number of pyridine rings is 1. The number of aryl methyl sites for hydroxylation is 1. The Labute approximate surface area is 136 Å². The molecule has 1 atom stereocenters. The van der Waals surface area contributed by atoms with Gasteiger partial charge in [0.25, 0.3) is 5.91 Å². The molecule has 2 saturated heterocycles. The first-order chi connectivity index (χ1) is 11.2. The minimum absolute atomic E-state index is 0.0700. The van der Waals surface area contributed by atoms with E-state index in [0.29, 0.717) is 31.1 Å². The standard InChI is InChI=1S/C17H22N4O2/c1-13-6-7-14(11-18)16(19-13)20-8-4-5-15(12-20)17(22)21-9-2-3-10-23-21/h6-7,15H,2-5,8-10,12H2,1H3. The molecule has 0 spiro atoms. The predicted octanol–water partition coefficient (Wildman–Crippen LogP) is 2.03. The van der Waals surface area contributed by atoms with E-state index < -0.39 is 0 Å². The number of anilines is 1. The number of hydroxylamine groups is 2. The fourth-order valence-corrected chi connectivity index (χ4v) is 3.22. The molecule has 0 bridgehead atoms. The zero-order chi connectivity index (χ0) is 16.2. The number of hydrogen-bond donors (Lipinski definition) is 0. The van der Waals surface area contributed by atoms with Crippen molar-refractivity contribution in [2.24, 2.45) is 5.92 Å². The van der Waals surface area contributed by atoms with Gasteiger partial charge in [-0.25, -0.2) is 10.0 Å². The lowest BCUT2D eigenvalue weighted by molar-refractivity contribution is -0.201. The van der Waals surface area contributed by atoms with Gasteiger partial charge in [0.2, 0.25) is 0 Å². The van der Waals surface area contributed by atoms with Gasteiger partial charge in [0.15, 0.2) is 0 Å². The number of aromatic nitrogens is 1. The molecule has 1 aromatic rings. The summed E-state index contributed by atoms with van der Waals surface area (Å²) in [6.45, 7) is 4.65. The highest BCUT2D eigenvalue weighted by molar-refractivity contribution is 5.79. The second kappa shape index (κ2) is 6.97. The molecule has 122 valence electrons. The molecule has 2 aliphatic heterocycles. The third-order valence-corrected chi connectivity index (χ3v) is 4.45. The Kier molecular flexibility index (Phi) is 4.77. The van der Waals surface area contributed by atoms with Gasteiger partial charge in [-0.1, -0.05) is 0 Å². The maximum absolute atomic E-state index is 12.6. The molecule has 6 nitrogen and oxygen atoms in total. The molecule has 0 aromatic carbocycles. The minimum atomic E-state index is -0.0873. The third-order valence-electron chi connectivity index (χ3n) is 4.45. The normalized spacial score (nSPS) is 21.8. The van der Waals surface area contributed by atoms with Crippen LogP contribution in [0.4, 0.5) is 5.82 Å². The van der Waals surface area contributed by atoms with E-state index in [0.717, 1.165) is 37.9 Å². The van der Waals surface area contributed by atoms with Crippen molar-refractivity contribution >= 4 is 11.7 Å². The fraction of sp³-hybridized carbons (Fsp3) is 0.588. The van der Waals surface area contributed by atoms with E-state index in [2.05, 4.69) is 16.0 Å². The van der Waals surface area contributed by atoms with Crippen LogP contribution in [0.1, 0.15) is 36.9 Å². The van der Waals surface area contributed by atoms with Crippen molar-refractivity contribution in [1.82, 2.24) is 10.0 Å². The molecule has 1 aromatic heterocycles. The first-order valence-corrected chi connectivity index (χ1v) is 8.26. The largest absolute Gasteiger partial charge is 0.355 e. The number of carbonyl (C=O) groups excluding carboxylic acids is 1. The average Bonchev–Trinajstić information content (AvgIpc) is 2.62. The monoisotopic (exact) mass is 314 g/mol. The van der Waals surface area contributed by atoms with E-state index in [1.807, 2.05) is 13.0 Å². The van der Waals surface area contributed by atoms with E-state index >= 15 is 0 Å². The molecule has 0 saturated carbocycles. The van der Waals surface area contributed by atoms with Crippen LogP contribution in [-0.4, -0.2) is 42.2 Å². The summed E-state index contributed by atoms with van der Waals surface area (Å²) in [5, 5.41) is 10.8. The topological polar surface area (TPSA) is 69.5 Å². The number of amides is 1. The van der Waals surface area contributed by atoms with E-state index in [9.17, 15) is 10.1 Å². The molecule has 1 unspecified atom stereocenters. The van der Waals surface area contributed by atoms with Gasteiger partial charge < -0.3 is 4.90 Å². The van der Waals surface area contributed by atoms with Crippen molar-refractivity contribution in [2.75, 3.05) is 31.1 Å². The zero-order valence-corrected chi connectivity index (χ0v) is 13.5. The van der Waals surface area contributed by atoms with Crippen LogP contribution in [0.2, 0.25) is 0 Å². The summed E-state index contributed by atoms with van der Waals surface area (Å²) < 4.78 is 0. The third kappa shape index (κ3) is 3.45. The molecule has 2 aliphatic rings. The van der Waals surface area contributed by atoms with Gasteiger partial charge >= 0.3 is 0 Å². The molecule has 0 aliphatic carbocycles. The van der Waals surface area contributed by atoms with E-state index in [1.165, 1.54) is 5.06 Å². The smallest absolute Gasteiger partial charge is 0.251 e. The molecular formula is C17H22N4O2. The van der Waals surface area contributed by atoms with Crippen LogP contribution in [-0.2, 0) is 9.63 Å². The Morgan fingerprint density at radius 2 is 2.22 bits per heavy atom. The van der Waals surface area contributed by atoms with Crippen LogP contribution >= 0.6 is 0 Å². The first-order valence-electron chi connectivity index (χ1n) is 8.26. The summed E-state index contributed by atoms with van der Waals surface area (Å²) in [5.74, 6) is 0.681. The van der Waals surface area contributed by atoms with Gasteiger partial charge in [-0.05, 0) is 44.7 Å². The Balaban J connectivity index is 1.74. The quantitative estimate of drug-likeness (QED) is 0.835. The van der Waals surface area contributed by atoms with Crippen LogP contribution in [0, 0.1) is 24.2 Å². The Morgan fingerprint density at radius 1 is 1.35 bits per heavy atom. The Bertz CT molecular complexity index is 620. The van der Waals surface area contributed by atoms with Gasteiger partial charge in [-0.15, -0.1) is 0 Å². The maximum atomic E-state index is 12.6. The summed E-state index contributed by atoms with van der Waals surface area (Å²) in [4.78, 5) is 24.7. The van der Waals surface area contributed by atoms with Crippen LogP contribution < -0.4 is 4.90 Å². The van der Waals surface area contributed by atoms with Crippen molar-refractivity contribution in [3.8, 4) is 6.07 Å². The van der Waals surface area contributed by atoms with Crippen LogP contribution in [0.3, 0.4) is 0 Å². The van der Waals surface area contributed by atoms with Crippen LogP contribution in [0.15, 0.2) is 12.1 Å². The fourth-order valence-electron chi connectivity index (χ4n) is 3.22. The number of piperidine rings is 1. The number of nitriles is 1. The second-order valence-corrected chi connectivity index (χ2v) is 6.20. The SMILES string of the molecule is Cc1ccc(C#N)c(N2CCCC(C(=O)N3CCCCO3)C2)n1. The van der Waals surface area contributed by atoms with Gasteiger partial charge in [-0.2, -0.15) is 5.26 Å². The summed E-state index contributed by atoms with van der Waals surface area (Å²) in [6, 6.07) is 5.85. The van der Waals surface area contributed by atoms with Gasteiger partial charge in [-0.3, -0.25) is 9.63 Å². The van der Waals surface area contributed by atoms with Gasteiger partial charge in [0, 0.05) is 25.3 Å². The lowest BCUT2D eigenvalue weighted by Crippen LogP contribution is -2.46. The van der Waals surface area contributed by atoms with Crippen LogP contribution in [0.5, 0.6) is 0 Å². The first kappa shape index (κ1) is 15.8. The minimum Gasteiger partial charge on any atom is -0.355 e. The molecule has 23 heavy (non-hydrogen) atoms. The van der Waals surface area contributed by atoms with Crippen molar-refractivity contribution in [3.05, 3.63) is 23.4 Å². The molecular weight excluding hydrogens is 292 g/mol. The molecule has 3 rings (SSSR count). The molecule has 0 N–H and O–H groups in total. The molecule has 3 heterocycles. The maximum Gasteiger partial charge on any atom is 0.251 e. The van der Waals surface area contributed by atoms with Crippen molar-refractivity contribution in [2.45, 2.75) is 32.6 Å². The summed E-state index contributed by atoms with van der Waals surface area (Å²) in [7, 11) is 0. The highest BCUT2D eigenvalue weighted by Gasteiger charge is 2.32. The van der Waals surface area contributed by atoms with E-state index in [-0.39, 0.29) is 11.8 Å². The van der Waals surface area contributed by atoms with Crippen molar-refractivity contribution < 1.29 is 9.63 Å². The molecule has 1 amide bonds. The number of nitrogens with zero attached hydrogens (tertiary/aromatic N) is 4. The lowest BCUT2D eigenvalue weighted by Gasteiger charge is -2.36. The Hall–Kier alpha value is -2.13. The lowest BCUT2D eigenvalue weighted by atomic mass is 9.96. The number of rotatable bonds is 2. The van der Waals surface area contributed by atoms with Gasteiger partial charge in [0.1, 0.15) is 11.9 Å². The predicted molar refractivity (Wildman–Crippen MR) is 85.5 cm³/mol. The molecule has 0 radical (unpaired) electrons. The molecule has 2 fully saturated rings. The Morgan fingerprint density at radius 3 is 2.96 bits per heavy atom.